The fourth-order valence-electron chi connectivity index (χ4n) is 4.16. The summed E-state index contributed by atoms with van der Waals surface area (Å²) in [6.45, 7) is 0.664. The molecule has 0 saturated carbocycles. The summed E-state index contributed by atoms with van der Waals surface area (Å²) < 4.78 is 13.5. The number of rotatable bonds is 2. The van der Waals surface area contributed by atoms with Crippen molar-refractivity contribution < 1.29 is 9.18 Å². The number of nitrogens with zero attached hydrogens (tertiary/aromatic N) is 2. The van der Waals surface area contributed by atoms with Gasteiger partial charge in [0, 0.05) is 23.7 Å². The summed E-state index contributed by atoms with van der Waals surface area (Å²) in [6, 6.07) is 21.9. The number of carbonyl (C=O) groups excluding carboxylic acids is 1. The minimum absolute atomic E-state index is 0.00652. The third-order valence-electron chi connectivity index (χ3n) is 5.49. The molecular formula is C25H19FN2O. The first-order valence-electron chi connectivity index (χ1n) is 9.76. The van der Waals surface area contributed by atoms with Gasteiger partial charge in [-0.1, -0.05) is 30.3 Å². The predicted octanol–water partition coefficient (Wildman–Crippen LogP) is 5.63. The third-order valence-corrected chi connectivity index (χ3v) is 5.49. The molecule has 1 aliphatic heterocycles. The zero-order valence-electron chi connectivity index (χ0n) is 15.8. The zero-order chi connectivity index (χ0) is 19.8. The lowest BCUT2D eigenvalue weighted by molar-refractivity contribution is 0.0985. The van der Waals surface area contributed by atoms with Crippen LogP contribution in [0.3, 0.4) is 0 Å². The minimum atomic E-state index is -0.262. The van der Waals surface area contributed by atoms with E-state index < -0.39 is 0 Å². The van der Waals surface area contributed by atoms with E-state index in [0.717, 1.165) is 46.1 Å². The highest BCUT2D eigenvalue weighted by Crippen LogP contribution is 2.41. The van der Waals surface area contributed by atoms with Crippen molar-refractivity contribution in [2.24, 2.45) is 0 Å². The van der Waals surface area contributed by atoms with Crippen molar-refractivity contribution in [3.8, 4) is 11.1 Å². The van der Waals surface area contributed by atoms with Crippen molar-refractivity contribution in [2.45, 2.75) is 12.8 Å². The molecule has 0 bridgehead atoms. The molecule has 1 aromatic heterocycles. The largest absolute Gasteiger partial charge is 0.307 e. The van der Waals surface area contributed by atoms with Gasteiger partial charge >= 0.3 is 0 Å². The molecule has 0 fully saturated rings. The molecule has 142 valence electrons. The Morgan fingerprint density at radius 1 is 0.966 bits per heavy atom. The van der Waals surface area contributed by atoms with Crippen LogP contribution >= 0.6 is 0 Å². The molecule has 3 aromatic carbocycles. The molecular weight excluding hydrogens is 363 g/mol. The van der Waals surface area contributed by atoms with Crippen molar-refractivity contribution in [1.29, 1.82) is 0 Å². The molecule has 0 atom stereocenters. The van der Waals surface area contributed by atoms with Gasteiger partial charge in [0.1, 0.15) is 5.82 Å². The fourth-order valence-corrected chi connectivity index (χ4v) is 4.16. The number of hydrogen-bond donors (Lipinski definition) is 0. The molecule has 0 spiro atoms. The maximum atomic E-state index is 13.5. The molecule has 0 radical (unpaired) electrons. The Bertz CT molecular complexity index is 1200. The van der Waals surface area contributed by atoms with Crippen LogP contribution in [0.5, 0.6) is 0 Å². The molecule has 2 heterocycles. The number of pyridine rings is 1. The highest BCUT2D eigenvalue weighted by atomic mass is 19.1. The van der Waals surface area contributed by atoms with Gasteiger partial charge in [-0.2, -0.15) is 0 Å². The first-order valence-corrected chi connectivity index (χ1v) is 9.76. The second kappa shape index (κ2) is 7.13. The van der Waals surface area contributed by atoms with Gasteiger partial charge in [0.15, 0.2) is 0 Å². The number of fused-ring (bicyclic) bond motifs is 3. The molecule has 3 nitrogen and oxygen atoms in total. The maximum absolute atomic E-state index is 13.5. The van der Waals surface area contributed by atoms with Crippen molar-refractivity contribution >= 4 is 22.5 Å². The number of amides is 1. The quantitative estimate of drug-likeness (QED) is 0.450. The Kier molecular flexibility index (Phi) is 4.32. The van der Waals surface area contributed by atoms with Crippen LogP contribution in [0, 0.1) is 5.82 Å². The summed E-state index contributed by atoms with van der Waals surface area (Å²) in [6.07, 6.45) is 3.51. The fraction of sp³-hybridized carbons (Fsp3) is 0.120. The monoisotopic (exact) mass is 382 g/mol. The van der Waals surface area contributed by atoms with Crippen molar-refractivity contribution in [3.63, 3.8) is 0 Å². The van der Waals surface area contributed by atoms with Gasteiger partial charge in [0.25, 0.3) is 5.91 Å². The number of aromatic nitrogens is 1. The van der Waals surface area contributed by atoms with Gasteiger partial charge in [0.2, 0.25) is 0 Å². The Labute approximate surface area is 168 Å². The van der Waals surface area contributed by atoms with Gasteiger partial charge in [-0.3, -0.25) is 9.78 Å². The van der Waals surface area contributed by atoms with Gasteiger partial charge in [-0.15, -0.1) is 0 Å². The van der Waals surface area contributed by atoms with E-state index in [9.17, 15) is 9.18 Å². The molecule has 1 aliphatic rings. The summed E-state index contributed by atoms with van der Waals surface area (Å²) in [5.74, 6) is -0.268. The van der Waals surface area contributed by atoms with E-state index in [-0.39, 0.29) is 11.7 Å². The van der Waals surface area contributed by atoms with Crippen LogP contribution in [0.2, 0.25) is 0 Å². The van der Waals surface area contributed by atoms with E-state index in [1.807, 2.05) is 47.4 Å². The van der Waals surface area contributed by atoms with Crippen LogP contribution in [0.25, 0.3) is 22.0 Å². The lowest BCUT2D eigenvalue weighted by Crippen LogP contribution is -2.36. The van der Waals surface area contributed by atoms with Crippen LogP contribution in [0.4, 0.5) is 10.1 Å². The van der Waals surface area contributed by atoms with E-state index >= 15 is 0 Å². The Morgan fingerprint density at radius 2 is 1.76 bits per heavy atom. The number of benzene rings is 3. The van der Waals surface area contributed by atoms with E-state index in [4.69, 9.17) is 0 Å². The molecule has 1 amide bonds. The normalized spacial score (nSPS) is 13.3. The minimum Gasteiger partial charge on any atom is -0.307 e. The van der Waals surface area contributed by atoms with Crippen LogP contribution in [-0.2, 0) is 6.42 Å². The summed E-state index contributed by atoms with van der Waals surface area (Å²) in [5.41, 5.74) is 5.49. The zero-order valence-corrected chi connectivity index (χ0v) is 15.8. The lowest BCUT2D eigenvalue weighted by atomic mass is 9.89. The average molecular weight is 382 g/mol. The number of hydrogen-bond acceptors (Lipinski definition) is 2. The number of carbonyl (C=O) groups is 1. The van der Waals surface area contributed by atoms with Gasteiger partial charge in [-0.05, 0) is 72.0 Å². The highest BCUT2D eigenvalue weighted by Gasteiger charge is 2.28. The van der Waals surface area contributed by atoms with Crippen molar-refractivity contribution in [3.05, 3.63) is 95.9 Å². The Morgan fingerprint density at radius 3 is 2.55 bits per heavy atom. The molecule has 4 heteroatoms. The maximum Gasteiger partial charge on any atom is 0.258 e. The average Bonchev–Trinajstić information content (AvgIpc) is 2.79. The van der Waals surface area contributed by atoms with E-state index in [0.29, 0.717) is 12.1 Å². The molecule has 4 aromatic rings. The second-order valence-corrected chi connectivity index (χ2v) is 7.25. The Hall–Kier alpha value is -3.53. The van der Waals surface area contributed by atoms with Gasteiger partial charge in [0.05, 0.1) is 11.2 Å². The van der Waals surface area contributed by atoms with Crippen molar-refractivity contribution in [1.82, 2.24) is 4.98 Å². The topological polar surface area (TPSA) is 33.2 Å². The van der Waals surface area contributed by atoms with Crippen LogP contribution in [-0.4, -0.2) is 17.4 Å². The van der Waals surface area contributed by atoms with Crippen molar-refractivity contribution in [2.75, 3.05) is 11.4 Å². The van der Waals surface area contributed by atoms with Crippen LogP contribution in [0.1, 0.15) is 22.3 Å². The summed E-state index contributed by atoms with van der Waals surface area (Å²) in [7, 11) is 0. The smallest absolute Gasteiger partial charge is 0.258 e. The van der Waals surface area contributed by atoms with Crippen LogP contribution in [0.15, 0.2) is 79.0 Å². The molecule has 0 N–H and O–H groups in total. The molecule has 0 saturated heterocycles. The van der Waals surface area contributed by atoms with Crippen LogP contribution < -0.4 is 4.90 Å². The predicted molar refractivity (Wildman–Crippen MR) is 114 cm³/mol. The van der Waals surface area contributed by atoms with Gasteiger partial charge < -0.3 is 4.90 Å². The first-order chi connectivity index (χ1) is 14.2. The standard InChI is InChI=1S/C25H19FN2O/c26-19-12-10-17(11-13-19)22-16-23-21(8-4-14-27-23)24-20(22)9-5-15-28(24)25(29)18-6-2-1-3-7-18/h1-4,6-8,10-14,16H,5,9,15H2. The summed E-state index contributed by atoms with van der Waals surface area (Å²) in [5, 5.41) is 0.970. The van der Waals surface area contributed by atoms with E-state index in [1.54, 1.807) is 18.3 Å². The molecule has 29 heavy (non-hydrogen) atoms. The molecule has 0 unspecified atom stereocenters. The second-order valence-electron chi connectivity index (χ2n) is 7.25. The number of halogens is 1. The third kappa shape index (κ3) is 3.07. The van der Waals surface area contributed by atoms with E-state index in [2.05, 4.69) is 11.1 Å². The number of anilines is 1. The first kappa shape index (κ1) is 17.6. The molecule has 0 aliphatic carbocycles. The SMILES string of the molecule is O=C(c1ccccc1)N1CCCc2c(-c3ccc(F)cc3)cc3ncccc3c21. The summed E-state index contributed by atoms with van der Waals surface area (Å²) >= 11 is 0. The Balaban J connectivity index is 1.75. The summed E-state index contributed by atoms with van der Waals surface area (Å²) in [4.78, 5) is 19.8. The molecule has 5 rings (SSSR count). The van der Waals surface area contributed by atoms with E-state index in [1.165, 1.54) is 12.1 Å². The highest BCUT2D eigenvalue weighted by molar-refractivity contribution is 6.12. The lowest BCUT2D eigenvalue weighted by Gasteiger charge is -2.32. The van der Waals surface area contributed by atoms with Gasteiger partial charge in [-0.25, -0.2) is 4.39 Å².